The number of fused-ring (bicyclic) bond motifs is 1. The van der Waals surface area contributed by atoms with Crippen molar-refractivity contribution in [3.8, 4) is 22.5 Å². The number of thiocarbonyl (C=S) groups is 1. The van der Waals surface area contributed by atoms with Crippen LogP contribution in [0.2, 0.25) is 0 Å². The van der Waals surface area contributed by atoms with Gasteiger partial charge in [0.2, 0.25) is 0 Å². The Bertz CT molecular complexity index is 1390. The fourth-order valence-corrected chi connectivity index (χ4v) is 4.51. The van der Waals surface area contributed by atoms with E-state index in [0.717, 1.165) is 28.0 Å². The molecule has 186 valence electrons. The van der Waals surface area contributed by atoms with Crippen molar-refractivity contribution in [1.82, 2.24) is 14.6 Å². The van der Waals surface area contributed by atoms with Crippen LogP contribution in [-0.2, 0) is 6.61 Å². The summed E-state index contributed by atoms with van der Waals surface area (Å²) in [5, 5.41) is 17.2. The van der Waals surface area contributed by atoms with Gasteiger partial charge in [-0.2, -0.15) is 18.3 Å². The van der Waals surface area contributed by atoms with Crippen molar-refractivity contribution in [3.05, 3.63) is 71.9 Å². The molecule has 5 rings (SSSR count). The molecule has 2 aromatic heterocycles. The van der Waals surface area contributed by atoms with E-state index in [4.69, 9.17) is 17.3 Å². The van der Waals surface area contributed by atoms with E-state index in [2.05, 4.69) is 10.3 Å². The van der Waals surface area contributed by atoms with Crippen LogP contribution in [0.15, 0.2) is 60.8 Å². The van der Waals surface area contributed by atoms with E-state index in [1.54, 1.807) is 28.9 Å². The van der Waals surface area contributed by atoms with Gasteiger partial charge in [0.25, 0.3) is 0 Å². The van der Waals surface area contributed by atoms with E-state index in [1.807, 2.05) is 36.4 Å². The molecule has 1 fully saturated rings. The maximum atomic E-state index is 12.8. The molecule has 5 nitrogen and oxygen atoms in total. The molecule has 1 aliphatic rings. The van der Waals surface area contributed by atoms with Gasteiger partial charge in [0.15, 0.2) is 5.65 Å². The van der Waals surface area contributed by atoms with Crippen LogP contribution >= 0.6 is 12.2 Å². The monoisotopic (exact) mass is 510 g/mol. The van der Waals surface area contributed by atoms with Crippen LogP contribution in [0, 0.1) is 5.92 Å². The standard InChI is InChI=1S/C27H25F3N4OS/c28-27(29,30)10-11-31-23-14-22(21-3-1-2-18(12-21)16-35)33-34-24(15-32-26(23)34)19-6-8-20(9-7-19)25(36)13-17-4-5-17/h1-3,6-9,12,14-15,17,31,35H,4-5,10-11,13,16H2. The lowest BCUT2D eigenvalue weighted by Gasteiger charge is -2.13. The lowest BCUT2D eigenvalue weighted by Crippen LogP contribution is -2.15. The number of anilines is 1. The van der Waals surface area contributed by atoms with Crippen LogP contribution in [-0.4, -0.2) is 37.3 Å². The summed E-state index contributed by atoms with van der Waals surface area (Å²) in [5.41, 5.74) is 5.49. The highest BCUT2D eigenvalue weighted by Gasteiger charge is 2.26. The molecule has 9 heteroatoms. The van der Waals surface area contributed by atoms with Gasteiger partial charge in [0.1, 0.15) is 0 Å². The third kappa shape index (κ3) is 5.57. The summed E-state index contributed by atoms with van der Waals surface area (Å²) in [6.45, 7) is -0.410. The molecule has 4 aromatic rings. The fourth-order valence-electron chi connectivity index (χ4n) is 4.13. The number of rotatable bonds is 9. The van der Waals surface area contributed by atoms with E-state index in [-0.39, 0.29) is 13.2 Å². The summed E-state index contributed by atoms with van der Waals surface area (Å²) in [6, 6.07) is 16.9. The molecule has 0 amide bonds. The maximum Gasteiger partial charge on any atom is 0.390 e. The number of aliphatic hydroxyl groups excluding tert-OH is 1. The SMILES string of the molecule is OCc1cccc(-c2cc(NCCC(F)(F)F)c3ncc(-c4ccc(C(=S)CC5CC5)cc4)n3n2)c1. The first kappa shape index (κ1) is 24.4. The minimum Gasteiger partial charge on any atom is -0.392 e. The topological polar surface area (TPSA) is 62.5 Å². The Morgan fingerprint density at radius 1 is 1.08 bits per heavy atom. The molecule has 1 saturated carbocycles. The number of aromatic nitrogens is 3. The van der Waals surface area contributed by atoms with Crippen molar-refractivity contribution in [1.29, 1.82) is 0 Å². The number of alkyl halides is 3. The first-order chi connectivity index (χ1) is 17.3. The maximum absolute atomic E-state index is 12.8. The predicted molar refractivity (Wildman–Crippen MR) is 138 cm³/mol. The molecule has 0 unspecified atom stereocenters. The normalized spacial score (nSPS) is 13.8. The molecule has 0 bridgehead atoms. The molecule has 0 radical (unpaired) electrons. The minimum absolute atomic E-state index is 0.127. The van der Waals surface area contributed by atoms with Crippen LogP contribution in [0.5, 0.6) is 0 Å². The number of halogens is 3. The quantitative estimate of drug-likeness (QED) is 0.201. The van der Waals surface area contributed by atoms with Crippen molar-refractivity contribution >= 4 is 28.4 Å². The number of nitrogens with one attached hydrogen (secondary N) is 1. The highest BCUT2D eigenvalue weighted by Crippen LogP contribution is 2.34. The van der Waals surface area contributed by atoms with Gasteiger partial charge in [-0.05, 0) is 48.4 Å². The molecule has 2 aromatic carbocycles. The number of hydrogen-bond donors (Lipinski definition) is 2. The second-order valence-electron chi connectivity index (χ2n) is 9.12. The highest BCUT2D eigenvalue weighted by molar-refractivity contribution is 7.80. The number of hydrogen-bond acceptors (Lipinski definition) is 5. The van der Waals surface area contributed by atoms with E-state index in [0.29, 0.717) is 34.2 Å². The smallest absolute Gasteiger partial charge is 0.390 e. The molecule has 0 atom stereocenters. The van der Waals surface area contributed by atoms with Gasteiger partial charge in [0, 0.05) is 22.5 Å². The zero-order valence-electron chi connectivity index (χ0n) is 19.4. The first-order valence-electron chi connectivity index (χ1n) is 11.8. The number of nitrogens with zero attached hydrogens (tertiary/aromatic N) is 3. The van der Waals surface area contributed by atoms with Gasteiger partial charge in [-0.1, -0.05) is 54.7 Å². The summed E-state index contributed by atoms with van der Waals surface area (Å²) in [7, 11) is 0. The molecule has 0 saturated heterocycles. The Morgan fingerprint density at radius 3 is 2.56 bits per heavy atom. The summed E-state index contributed by atoms with van der Waals surface area (Å²) in [4.78, 5) is 5.44. The van der Waals surface area contributed by atoms with Gasteiger partial charge in [-0.3, -0.25) is 0 Å². The molecule has 2 N–H and O–H groups in total. The van der Waals surface area contributed by atoms with Gasteiger partial charge in [-0.15, -0.1) is 0 Å². The van der Waals surface area contributed by atoms with Crippen LogP contribution in [0.3, 0.4) is 0 Å². The minimum atomic E-state index is -4.27. The Labute approximate surface area is 212 Å². The van der Waals surface area contributed by atoms with Crippen LogP contribution in [0.4, 0.5) is 18.9 Å². The van der Waals surface area contributed by atoms with Crippen LogP contribution in [0.25, 0.3) is 28.2 Å². The molecule has 1 aliphatic carbocycles. The van der Waals surface area contributed by atoms with Crippen molar-refractivity contribution in [2.75, 3.05) is 11.9 Å². The molecular formula is C27H25F3N4OS. The first-order valence-corrected chi connectivity index (χ1v) is 12.2. The summed E-state index contributed by atoms with van der Waals surface area (Å²) < 4.78 is 40.0. The molecule has 0 spiro atoms. The van der Waals surface area contributed by atoms with Crippen molar-refractivity contribution in [2.45, 2.75) is 38.5 Å². The Morgan fingerprint density at radius 2 is 1.86 bits per heavy atom. The van der Waals surface area contributed by atoms with E-state index < -0.39 is 12.6 Å². The van der Waals surface area contributed by atoms with Gasteiger partial charge < -0.3 is 10.4 Å². The zero-order valence-corrected chi connectivity index (χ0v) is 20.2. The van der Waals surface area contributed by atoms with Gasteiger partial charge in [-0.25, -0.2) is 9.50 Å². The fraction of sp³-hybridized carbons (Fsp3) is 0.296. The number of benzene rings is 2. The molecule has 0 aliphatic heterocycles. The zero-order chi connectivity index (χ0) is 25.3. The summed E-state index contributed by atoms with van der Waals surface area (Å²) in [5.74, 6) is 0.714. The lowest BCUT2D eigenvalue weighted by molar-refractivity contribution is -0.131. The van der Waals surface area contributed by atoms with Gasteiger partial charge in [0.05, 0.1) is 36.3 Å². The van der Waals surface area contributed by atoms with Crippen molar-refractivity contribution in [2.24, 2.45) is 5.92 Å². The van der Waals surface area contributed by atoms with Crippen molar-refractivity contribution in [3.63, 3.8) is 0 Å². The second kappa shape index (κ2) is 9.99. The van der Waals surface area contributed by atoms with Crippen molar-refractivity contribution < 1.29 is 18.3 Å². The Balaban J connectivity index is 1.53. The van der Waals surface area contributed by atoms with Crippen LogP contribution < -0.4 is 5.32 Å². The highest BCUT2D eigenvalue weighted by atomic mass is 32.1. The Kier molecular flexibility index (Phi) is 6.77. The third-order valence-electron chi connectivity index (χ3n) is 6.27. The van der Waals surface area contributed by atoms with E-state index in [9.17, 15) is 18.3 Å². The van der Waals surface area contributed by atoms with E-state index in [1.165, 1.54) is 12.8 Å². The molecule has 2 heterocycles. The van der Waals surface area contributed by atoms with E-state index >= 15 is 0 Å². The molecule has 36 heavy (non-hydrogen) atoms. The number of aliphatic hydroxyl groups is 1. The third-order valence-corrected chi connectivity index (χ3v) is 6.67. The average Bonchev–Trinajstić information content (AvgIpc) is 3.58. The average molecular weight is 511 g/mol. The predicted octanol–water partition coefficient (Wildman–Crippen LogP) is 6.44. The number of imidazole rings is 1. The molecular weight excluding hydrogens is 485 g/mol. The van der Waals surface area contributed by atoms with Crippen LogP contribution in [0.1, 0.15) is 36.8 Å². The second-order valence-corrected chi connectivity index (χ2v) is 9.61. The largest absolute Gasteiger partial charge is 0.392 e. The summed E-state index contributed by atoms with van der Waals surface area (Å²) in [6.07, 6.45) is -0.134. The Hall–Kier alpha value is -3.30. The summed E-state index contributed by atoms with van der Waals surface area (Å²) >= 11 is 5.60. The van der Waals surface area contributed by atoms with Gasteiger partial charge >= 0.3 is 6.18 Å². The lowest BCUT2D eigenvalue weighted by atomic mass is 10.0.